The zero-order chi connectivity index (χ0) is 26.5. The van der Waals surface area contributed by atoms with Gasteiger partial charge in [0.15, 0.2) is 12.2 Å². The van der Waals surface area contributed by atoms with Crippen LogP contribution in [0.2, 0.25) is 5.02 Å². The number of β-amino-alcohol motifs (C(OH)–C–C–N with tert-alkyl or cyclic N) is 1. The van der Waals surface area contributed by atoms with Gasteiger partial charge in [-0.1, -0.05) is 11.6 Å². The molecule has 0 aliphatic carbocycles. The van der Waals surface area contributed by atoms with Crippen molar-refractivity contribution in [2.75, 3.05) is 23.8 Å². The monoisotopic (exact) mass is 532 g/mol. The standard InChI is InChI=1S/C24H22ClFN4O7/c1-2-35-24(34)37-22-20(36-12-27-22)13-3-8-18(17(26)9-13)29-21(32)19-10-16(31)11-30(19)23(33)28-15-6-4-14(25)5-7-15/h3-9,12,16,19,31H,2,10-11H2,1H3,(H,28,33)(H,29,32)/t16-,19-/m1/s1. The van der Waals surface area contributed by atoms with Crippen molar-refractivity contribution in [2.45, 2.75) is 25.5 Å². The van der Waals surface area contributed by atoms with Crippen molar-refractivity contribution in [3.05, 3.63) is 59.7 Å². The smallest absolute Gasteiger partial charge is 0.439 e. The van der Waals surface area contributed by atoms with E-state index in [2.05, 4.69) is 15.6 Å². The van der Waals surface area contributed by atoms with Gasteiger partial charge in [0.2, 0.25) is 5.91 Å². The van der Waals surface area contributed by atoms with Crippen LogP contribution in [0.15, 0.2) is 53.3 Å². The topological polar surface area (TPSA) is 143 Å². The highest BCUT2D eigenvalue weighted by molar-refractivity contribution is 6.30. The number of hydrogen-bond acceptors (Lipinski definition) is 8. The third kappa shape index (κ3) is 6.16. The number of carbonyl (C=O) groups is 3. The van der Waals surface area contributed by atoms with Gasteiger partial charge in [0.05, 0.1) is 18.4 Å². The van der Waals surface area contributed by atoms with E-state index in [0.29, 0.717) is 10.7 Å². The number of ether oxygens (including phenoxy) is 2. The number of aliphatic hydroxyl groups is 1. The molecule has 1 aliphatic rings. The minimum absolute atomic E-state index is 0.0196. The van der Waals surface area contributed by atoms with Gasteiger partial charge in [-0.2, -0.15) is 4.98 Å². The Balaban J connectivity index is 1.45. The largest absolute Gasteiger partial charge is 0.515 e. The van der Waals surface area contributed by atoms with Gasteiger partial charge in [0.25, 0.3) is 5.88 Å². The van der Waals surface area contributed by atoms with Crippen LogP contribution in [-0.2, 0) is 9.53 Å². The Hall–Kier alpha value is -4.16. The van der Waals surface area contributed by atoms with E-state index >= 15 is 0 Å². The van der Waals surface area contributed by atoms with Crippen LogP contribution in [0.4, 0.5) is 25.4 Å². The summed E-state index contributed by atoms with van der Waals surface area (Å²) in [6.45, 7) is 1.62. The molecule has 1 saturated heterocycles. The van der Waals surface area contributed by atoms with Crippen molar-refractivity contribution in [2.24, 2.45) is 0 Å². The van der Waals surface area contributed by atoms with Crippen LogP contribution in [-0.4, -0.2) is 58.4 Å². The molecule has 37 heavy (non-hydrogen) atoms. The van der Waals surface area contributed by atoms with Gasteiger partial charge in [-0.05, 0) is 49.4 Å². The van der Waals surface area contributed by atoms with Gasteiger partial charge in [0, 0.05) is 29.2 Å². The van der Waals surface area contributed by atoms with Gasteiger partial charge in [-0.3, -0.25) is 4.79 Å². The molecule has 1 aromatic heterocycles. The number of carbonyl (C=O) groups excluding carboxylic acids is 3. The summed E-state index contributed by atoms with van der Waals surface area (Å²) in [6, 6.07) is 8.49. The molecule has 0 unspecified atom stereocenters. The Labute approximate surface area is 215 Å². The zero-order valence-corrected chi connectivity index (χ0v) is 20.2. The van der Waals surface area contributed by atoms with Gasteiger partial charge in [-0.25, -0.2) is 14.0 Å². The first-order chi connectivity index (χ1) is 17.7. The quantitative estimate of drug-likeness (QED) is 0.399. The number of anilines is 2. The molecule has 2 heterocycles. The van der Waals surface area contributed by atoms with Crippen LogP contribution in [0.25, 0.3) is 11.3 Å². The first-order valence-electron chi connectivity index (χ1n) is 11.1. The van der Waals surface area contributed by atoms with E-state index in [4.69, 9.17) is 25.5 Å². The number of urea groups is 1. The van der Waals surface area contributed by atoms with Crippen molar-refractivity contribution in [1.82, 2.24) is 9.88 Å². The van der Waals surface area contributed by atoms with Crippen molar-refractivity contribution >= 4 is 41.1 Å². The van der Waals surface area contributed by atoms with E-state index in [1.165, 1.54) is 17.0 Å². The summed E-state index contributed by atoms with van der Waals surface area (Å²) in [5.41, 5.74) is 0.475. The third-order valence-electron chi connectivity index (χ3n) is 5.40. The molecule has 2 atom stereocenters. The molecule has 0 bridgehead atoms. The second kappa shape index (κ2) is 11.3. The second-order valence-corrected chi connectivity index (χ2v) is 8.39. The maximum absolute atomic E-state index is 14.9. The van der Waals surface area contributed by atoms with Gasteiger partial charge in [-0.15, -0.1) is 0 Å². The predicted octanol–water partition coefficient (Wildman–Crippen LogP) is 4.28. The van der Waals surface area contributed by atoms with Crippen molar-refractivity contribution in [1.29, 1.82) is 0 Å². The number of halogens is 2. The van der Waals surface area contributed by atoms with Gasteiger partial charge in [0.1, 0.15) is 11.9 Å². The number of hydrogen-bond donors (Lipinski definition) is 3. The molecule has 3 aromatic rings. The average molecular weight is 533 g/mol. The lowest BCUT2D eigenvalue weighted by molar-refractivity contribution is -0.119. The highest BCUT2D eigenvalue weighted by Crippen LogP contribution is 2.32. The summed E-state index contributed by atoms with van der Waals surface area (Å²) >= 11 is 5.85. The normalized spacial score (nSPS) is 16.8. The number of benzene rings is 2. The number of oxazole rings is 1. The summed E-state index contributed by atoms with van der Waals surface area (Å²) in [4.78, 5) is 42.2. The minimum Gasteiger partial charge on any atom is -0.439 e. The molecule has 13 heteroatoms. The van der Waals surface area contributed by atoms with E-state index in [0.717, 1.165) is 12.5 Å². The van der Waals surface area contributed by atoms with Crippen molar-refractivity contribution < 1.29 is 37.8 Å². The van der Waals surface area contributed by atoms with E-state index in [1.807, 2.05) is 0 Å². The Morgan fingerprint density at radius 2 is 1.97 bits per heavy atom. The molecule has 3 amide bonds. The molecule has 3 N–H and O–H groups in total. The number of likely N-dealkylation sites (tertiary alicyclic amines) is 1. The Morgan fingerprint density at radius 1 is 1.22 bits per heavy atom. The molecule has 0 saturated carbocycles. The average Bonchev–Trinajstić information content (AvgIpc) is 3.48. The number of rotatable bonds is 6. The van der Waals surface area contributed by atoms with E-state index in [1.54, 1.807) is 31.2 Å². The molecular formula is C24H22ClFN4O7. The maximum Gasteiger partial charge on any atom is 0.515 e. The summed E-state index contributed by atoms with van der Waals surface area (Å²) in [6.07, 6.45) is -0.924. The fourth-order valence-corrected chi connectivity index (χ4v) is 3.84. The van der Waals surface area contributed by atoms with E-state index in [-0.39, 0.29) is 42.5 Å². The molecule has 11 nitrogen and oxygen atoms in total. The summed E-state index contributed by atoms with van der Waals surface area (Å²) < 4.78 is 29.7. The SMILES string of the molecule is CCOC(=O)Oc1ncoc1-c1ccc(NC(=O)[C@H]2C[C@@H](O)CN2C(=O)Nc2ccc(Cl)cc2)c(F)c1. The molecule has 4 rings (SSSR count). The number of aliphatic hydroxyl groups excluding tert-OH is 1. The van der Waals surface area contributed by atoms with Gasteiger partial charge < -0.3 is 34.5 Å². The lowest BCUT2D eigenvalue weighted by atomic mass is 10.1. The Kier molecular flexibility index (Phi) is 7.89. The molecule has 194 valence electrons. The van der Waals surface area contributed by atoms with Crippen LogP contribution in [0.1, 0.15) is 13.3 Å². The van der Waals surface area contributed by atoms with Crippen molar-refractivity contribution in [3.63, 3.8) is 0 Å². The number of nitrogens with one attached hydrogen (secondary N) is 2. The highest BCUT2D eigenvalue weighted by Gasteiger charge is 2.39. The molecule has 1 aliphatic heterocycles. The lowest BCUT2D eigenvalue weighted by Gasteiger charge is -2.24. The summed E-state index contributed by atoms with van der Waals surface area (Å²) in [7, 11) is 0. The van der Waals surface area contributed by atoms with E-state index < -0.39 is 36.1 Å². The fraction of sp³-hybridized carbons (Fsp3) is 0.250. The number of aromatic nitrogens is 1. The molecular weight excluding hydrogens is 511 g/mol. The Bertz CT molecular complexity index is 1300. The zero-order valence-electron chi connectivity index (χ0n) is 19.4. The van der Waals surface area contributed by atoms with Crippen LogP contribution >= 0.6 is 11.6 Å². The van der Waals surface area contributed by atoms with Gasteiger partial charge >= 0.3 is 12.2 Å². The maximum atomic E-state index is 14.9. The predicted molar refractivity (Wildman–Crippen MR) is 130 cm³/mol. The molecule has 1 fully saturated rings. The first-order valence-corrected chi connectivity index (χ1v) is 11.5. The summed E-state index contributed by atoms with van der Waals surface area (Å²) in [5.74, 6) is -1.73. The molecule has 0 radical (unpaired) electrons. The van der Waals surface area contributed by atoms with Crippen molar-refractivity contribution in [3.8, 4) is 17.2 Å². The summed E-state index contributed by atoms with van der Waals surface area (Å²) in [5, 5.41) is 15.7. The first kappa shape index (κ1) is 25.9. The second-order valence-electron chi connectivity index (χ2n) is 7.95. The molecule has 0 spiro atoms. The lowest BCUT2D eigenvalue weighted by Crippen LogP contribution is -2.45. The Morgan fingerprint density at radius 3 is 2.68 bits per heavy atom. The van der Waals surface area contributed by atoms with E-state index in [9.17, 15) is 23.9 Å². The fourth-order valence-electron chi connectivity index (χ4n) is 3.72. The molecule has 2 aromatic carbocycles. The number of amides is 3. The number of nitrogens with zero attached hydrogens (tertiary/aromatic N) is 2. The highest BCUT2D eigenvalue weighted by atomic mass is 35.5. The third-order valence-corrected chi connectivity index (χ3v) is 5.66. The van der Waals surface area contributed by atoms with Crippen LogP contribution in [0, 0.1) is 5.82 Å². The van der Waals surface area contributed by atoms with Crippen LogP contribution < -0.4 is 15.4 Å². The minimum atomic E-state index is -1.04. The van der Waals surface area contributed by atoms with Crippen LogP contribution in [0.5, 0.6) is 5.88 Å². The van der Waals surface area contributed by atoms with Crippen LogP contribution in [0.3, 0.4) is 0 Å².